The molecule has 0 saturated carbocycles. The van der Waals surface area contributed by atoms with Gasteiger partial charge in [-0.3, -0.25) is 0 Å². The molecule has 0 atom stereocenters. The van der Waals surface area contributed by atoms with Gasteiger partial charge in [0.2, 0.25) is 0 Å². The molecule has 3 nitrogen and oxygen atoms in total. The number of halogens is 1. The Kier molecular flexibility index (Phi) is 5.57. The van der Waals surface area contributed by atoms with E-state index in [4.69, 9.17) is 0 Å². The van der Waals surface area contributed by atoms with E-state index in [1.165, 1.54) is 5.56 Å². The van der Waals surface area contributed by atoms with Gasteiger partial charge in [-0.05, 0) is 24.1 Å². The molecule has 0 aliphatic heterocycles. The molecular formula is C15H19BrN2OS. The molecule has 108 valence electrons. The van der Waals surface area contributed by atoms with Gasteiger partial charge in [-0.15, -0.1) is 0 Å². The Bertz CT molecular complexity index is 554. The lowest BCUT2D eigenvalue weighted by Gasteiger charge is -2.15. The topological polar surface area (TPSA) is 36.4 Å². The van der Waals surface area contributed by atoms with E-state index in [1.54, 1.807) is 11.3 Å². The van der Waals surface area contributed by atoms with Crippen molar-refractivity contribution < 1.29 is 5.11 Å². The number of aliphatic hydroxyl groups is 1. The molecule has 0 aliphatic carbocycles. The van der Waals surface area contributed by atoms with E-state index in [2.05, 4.69) is 44.9 Å². The maximum absolute atomic E-state index is 9.41. The first-order valence-electron chi connectivity index (χ1n) is 6.69. The van der Waals surface area contributed by atoms with Gasteiger partial charge in [0.25, 0.3) is 0 Å². The molecule has 1 heterocycles. The molecule has 0 spiro atoms. The highest BCUT2D eigenvalue weighted by Gasteiger charge is 2.13. The lowest BCUT2D eigenvalue weighted by atomic mass is 10.2. The van der Waals surface area contributed by atoms with Crippen molar-refractivity contribution in [2.45, 2.75) is 32.9 Å². The largest absolute Gasteiger partial charge is 0.391 e. The maximum atomic E-state index is 9.41. The lowest BCUT2D eigenvalue weighted by molar-refractivity contribution is 0.284. The number of aryl methyl sites for hydroxylation is 1. The number of aromatic nitrogens is 1. The van der Waals surface area contributed by atoms with Crippen molar-refractivity contribution in [2.75, 3.05) is 11.9 Å². The third kappa shape index (κ3) is 3.81. The Hall–Kier alpha value is -0.910. The molecule has 1 aromatic heterocycles. The van der Waals surface area contributed by atoms with Gasteiger partial charge >= 0.3 is 0 Å². The number of benzene rings is 1. The lowest BCUT2D eigenvalue weighted by Crippen LogP contribution is -2.16. The molecule has 0 amide bonds. The summed E-state index contributed by atoms with van der Waals surface area (Å²) < 4.78 is 1.09. The summed E-state index contributed by atoms with van der Waals surface area (Å²) in [6.07, 6.45) is 1.98. The van der Waals surface area contributed by atoms with Gasteiger partial charge in [-0.1, -0.05) is 52.7 Å². The molecule has 5 heteroatoms. The third-order valence-electron chi connectivity index (χ3n) is 3.06. The van der Waals surface area contributed by atoms with Crippen LogP contribution < -0.4 is 4.90 Å². The van der Waals surface area contributed by atoms with Crippen molar-refractivity contribution in [1.29, 1.82) is 0 Å². The summed E-state index contributed by atoms with van der Waals surface area (Å²) in [5, 5.41) is 10.4. The second-order valence-corrected chi connectivity index (χ2v) is 6.73. The van der Waals surface area contributed by atoms with Crippen molar-refractivity contribution >= 4 is 32.4 Å². The van der Waals surface area contributed by atoms with E-state index in [9.17, 15) is 5.11 Å². The highest BCUT2D eigenvalue weighted by Crippen LogP contribution is 2.27. The van der Waals surface area contributed by atoms with Crippen molar-refractivity contribution in [3.8, 4) is 0 Å². The van der Waals surface area contributed by atoms with Crippen LogP contribution in [0.2, 0.25) is 0 Å². The molecule has 0 bridgehead atoms. The molecule has 0 saturated heterocycles. The second-order valence-electron chi connectivity index (χ2n) is 4.76. The van der Waals surface area contributed by atoms with E-state index in [-0.39, 0.29) is 6.61 Å². The Morgan fingerprint density at radius 2 is 2.00 bits per heavy atom. The van der Waals surface area contributed by atoms with Crippen LogP contribution in [-0.2, 0) is 19.6 Å². The third-order valence-corrected chi connectivity index (χ3v) is 4.78. The first kappa shape index (κ1) is 15.5. The summed E-state index contributed by atoms with van der Waals surface area (Å²) in [5.74, 6) is 0. The summed E-state index contributed by atoms with van der Waals surface area (Å²) in [4.78, 5) is 7.78. The standard InChI is InChI=1S/C15H19BrN2OS/c1-3-4-13-14(10-19)20-15(17-13)18(2)9-11-5-7-12(16)8-6-11/h5-8,19H,3-4,9-10H2,1-2H3. The molecule has 1 aromatic carbocycles. The molecular weight excluding hydrogens is 336 g/mol. The highest BCUT2D eigenvalue weighted by atomic mass is 79.9. The number of hydrogen-bond acceptors (Lipinski definition) is 4. The number of anilines is 1. The summed E-state index contributed by atoms with van der Waals surface area (Å²) in [5.41, 5.74) is 2.28. The van der Waals surface area contributed by atoms with Crippen molar-refractivity contribution in [1.82, 2.24) is 4.98 Å². The average Bonchev–Trinajstić information content (AvgIpc) is 2.85. The predicted molar refractivity (Wildman–Crippen MR) is 88.3 cm³/mol. The van der Waals surface area contributed by atoms with Crippen LogP contribution in [0, 0.1) is 0 Å². The molecule has 0 unspecified atom stereocenters. The number of nitrogens with zero attached hydrogens (tertiary/aromatic N) is 2. The SMILES string of the molecule is CCCc1nc(N(C)Cc2ccc(Br)cc2)sc1CO. The first-order valence-corrected chi connectivity index (χ1v) is 8.30. The van der Waals surface area contributed by atoms with Gasteiger partial charge in [0.15, 0.2) is 5.13 Å². The number of rotatable bonds is 6. The Labute approximate surface area is 132 Å². The minimum absolute atomic E-state index is 0.0825. The smallest absolute Gasteiger partial charge is 0.185 e. The van der Waals surface area contributed by atoms with E-state index in [0.29, 0.717) is 0 Å². The number of aliphatic hydroxyl groups excluding tert-OH is 1. The average molecular weight is 355 g/mol. The molecule has 2 aromatic rings. The zero-order valence-electron chi connectivity index (χ0n) is 11.8. The number of hydrogen-bond donors (Lipinski definition) is 1. The molecule has 20 heavy (non-hydrogen) atoms. The quantitative estimate of drug-likeness (QED) is 0.851. The fraction of sp³-hybridized carbons (Fsp3) is 0.400. The molecule has 0 radical (unpaired) electrons. The van der Waals surface area contributed by atoms with Gasteiger partial charge in [-0.25, -0.2) is 4.98 Å². The molecule has 0 fully saturated rings. The van der Waals surface area contributed by atoms with E-state index in [0.717, 1.165) is 39.6 Å². The first-order chi connectivity index (χ1) is 9.63. The van der Waals surface area contributed by atoms with Crippen LogP contribution in [0.5, 0.6) is 0 Å². The van der Waals surface area contributed by atoms with Crippen LogP contribution in [0.25, 0.3) is 0 Å². The van der Waals surface area contributed by atoms with E-state index >= 15 is 0 Å². The van der Waals surface area contributed by atoms with Crippen LogP contribution in [0.3, 0.4) is 0 Å². The zero-order valence-corrected chi connectivity index (χ0v) is 14.2. The van der Waals surface area contributed by atoms with Crippen molar-refractivity contribution in [3.05, 3.63) is 44.9 Å². The van der Waals surface area contributed by atoms with Gasteiger partial charge in [0.05, 0.1) is 17.2 Å². The van der Waals surface area contributed by atoms with E-state index < -0.39 is 0 Å². The fourth-order valence-corrected chi connectivity index (χ4v) is 3.21. The van der Waals surface area contributed by atoms with Crippen molar-refractivity contribution in [3.63, 3.8) is 0 Å². The maximum Gasteiger partial charge on any atom is 0.185 e. The van der Waals surface area contributed by atoms with Gasteiger partial charge in [0.1, 0.15) is 0 Å². The Balaban J connectivity index is 2.12. The minimum Gasteiger partial charge on any atom is -0.391 e. The van der Waals surface area contributed by atoms with E-state index in [1.807, 2.05) is 19.2 Å². The molecule has 0 aliphatic rings. The Morgan fingerprint density at radius 3 is 2.60 bits per heavy atom. The minimum atomic E-state index is 0.0825. The Morgan fingerprint density at radius 1 is 1.30 bits per heavy atom. The van der Waals surface area contributed by atoms with Gasteiger partial charge in [0, 0.05) is 18.1 Å². The fourth-order valence-electron chi connectivity index (χ4n) is 2.02. The van der Waals surface area contributed by atoms with Gasteiger partial charge in [-0.2, -0.15) is 0 Å². The summed E-state index contributed by atoms with van der Waals surface area (Å²) in [6.45, 7) is 3.03. The van der Waals surface area contributed by atoms with Crippen LogP contribution in [0.4, 0.5) is 5.13 Å². The summed E-state index contributed by atoms with van der Waals surface area (Å²) in [7, 11) is 2.04. The summed E-state index contributed by atoms with van der Waals surface area (Å²) in [6, 6.07) is 8.31. The van der Waals surface area contributed by atoms with Crippen LogP contribution >= 0.6 is 27.3 Å². The molecule has 2 rings (SSSR count). The molecule has 1 N–H and O–H groups in total. The summed E-state index contributed by atoms with van der Waals surface area (Å²) >= 11 is 5.03. The zero-order chi connectivity index (χ0) is 14.5. The number of thiazole rings is 1. The van der Waals surface area contributed by atoms with Crippen LogP contribution in [-0.4, -0.2) is 17.1 Å². The van der Waals surface area contributed by atoms with Crippen molar-refractivity contribution in [2.24, 2.45) is 0 Å². The monoisotopic (exact) mass is 354 g/mol. The predicted octanol–water partition coefficient (Wildman–Crippen LogP) is 3.99. The van der Waals surface area contributed by atoms with Crippen LogP contribution in [0.1, 0.15) is 29.5 Å². The van der Waals surface area contributed by atoms with Crippen LogP contribution in [0.15, 0.2) is 28.7 Å². The van der Waals surface area contributed by atoms with Gasteiger partial charge < -0.3 is 10.0 Å². The second kappa shape index (κ2) is 7.20. The normalized spacial score (nSPS) is 10.8. The highest BCUT2D eigenvalue weighted by molar-refractivity contribution is 9.10.